The van der Waals surface area contributed by atoms with Gasteiger partial charge in [-0.2, -0.15) is 23.5 Å². The molecule has 152 valence electrons. The van der Waals surface area contributed by atoms with E-state index in [0.29, 0.717) is 36.1 Å². The highest BCUT2D eigenvalue weighted by atomic mass is 19.4. The van der Waals surface area contributed by atoms with Gasteiger partial charge in [-0.15, -0.1) is 0 Å². The Morgan fingerprint density at radius 2 is 2.03 bits per heavy atom. The van der Waals surface area contributed by atoms with Crippen LogP contribution in [0.3, 0.4) is 0 Å². The fourth-order valence-electron chi connectivity index (χ4n) is 3.42. The van der Waals surface area contributed by atoms with Crippen molar-refractivity contribution in [1.29, 1.82) is 5.26 Å². The van der Waals surface area contributed by atoms with Crippen LogP contribution in [-0.4, -0.2) is 27.2 Å². The molecule has 0 aliphatic carbocycles. The molecular weight excluding hydrogens is 402 g/mol. The summed E-state index contributed by atoms with van der Waals surface area (Å²) >= 11 is 0. The summed E-state index contributed by atoms with van der Waals surface area (Å²) < 4.78 is 54.0. The number of benzene rings is 1. The van der Waals surface area contributed by atoms with Crippen molar-refractivity contribution >= 4 is 5.91 Å². The summed E-state index contributed by atoms with van der Waals surface area (Å²) in [6, 6.07) is 7.44. The van der Waals surface area contributed by atoms with Gasteiger partial charge in [-0.1, -0.05) is 0 Å². The van der Waals surface area contributed by atoms with E-state index >= 15 is 0 Å². The standard InChI is InChI=1S/C20H13F4N5O/c21-13-6-11(5-12(8-13)20(22,23)24)7-14-9-15(1-3-26-14)29-17-2-4-27-19(30)18(17)16(10-25)28-29/h1,3,5-6,8-9H,2,4,7H2,(H,27,30). The molecule has 4 rings (SSSR count). The van der Waals surface area contributed by atoms with Gasteiger partial charge in [0.1, 0.15) is 11.9 Å². The van der Waals surface area contributed by atoms with Crippen molar-refractivity contribution in [2.75, 3.05) is 6.54 Å². The first-order valence-corrected chi connectivity index (χ1v) is 8.88. The molecule has 1 aromatic carbocycles. The summed E-state index contributed by atoms with van der Waals surface area (Å²) in [4.78, 5) is 16.3. The Morgan fingerprint density at radius 3 is 2.77 bits per heavy atom. The minimum Gasteiger partial charge on any atom is -0.351 e. The van der Waals surface area contributed by atoms with Crippen LogP contribution in [0.5, 0.6) is 0 Å². The molecule has 10 heteroatoms. The zero-order valence-corrected chi connectivity index (χ0v) is 15.3. The molecule has 6 nitrogen and oxygen atoms in total. The van der Waals surface area contributed by atoms with Gasteiger partial charge >= 0.3 is 6.18 Å². The average Bonchev–Trinajstić information content (AvgIpc) is 3.07. The van der Waals surface area contributed by atoms with Gasteiger partial charge in [0.2, 0.25) is 0 Å². The van der Waals surface area contributed by atoms with Gasteiger partial charge in [-0.05, 0) is 35.9 Å². The molecule has 1 aliphatic heterocycles. The highest BCUT2D eigenvalue weighted by molar-refractivity contribution is 5.98. The number of rotatable bonds is 3. The number of alkyl halides is 3. The maximum atomic E-state index is 13.7. The first kappa shape index (κ1) is 19.6. The van der Waals surface area contributed by atoms with Crippen molar-refractivity contribution in [3.05, 3.63) is 76.1 Å². The Hall–Kier alpha value is -3.74. The molecule has 0 unspecified atom stereocenters. The smallest absolute Gasteiger partial charge is 0.351 e. The van der Waals surface area contributed by atoms with Gasteiger partial charge in [-0.25, -0.2) is 9.07 Å². The second-order valence-corrected chi connectivity index (χ2v) is 6.73. The van der Waals surface area contributed by atoms with E-state index in [1.165, 1.54) is 10.9 Å². The summed E-state index contributed by atoms with van der Waals surface area (Å²) in [6.07, 6.45) is -2.79. The number of carbonyl (C=O) groups is 1. The van der Waals surface area contributed by atoms with E-state index in [9.17, 15) is 27.6 Å². The van der Waals surface area contributed by atoms with Crippen LogP contribution in [0.1, 0.15) is 38.6 Å². The molecule has 1 N–H and O–H groups in total. The van der Waals surface area contributed by atoms with Crippen LogP contribution >= 0.6 is 0 Å². The molecule has 3 aromatic rings. The van der Waals surface area contributed by atoms with Crippen molar-refractivity contribution in [2.45, 2.75) is 19.0 Å². The minimum absolute atomic E-state index is 0.0134. The highest BCUT2D eigenvalue weighted by Crippen LogP contribution is 2.31. The molecule has 0 atom stereocenters. The van der Waals surface area contributed by atoms with Gasteiger partial charge in [0, 0.05) is 31.3 Å². The average molecular weight is 415 g/mol. The van der Waals surface area contributed by atoms with Crippen molar-refractivity contribution in [2.24, 2.45) is 0 Å². The molecule has 0 fully saturated rings. The van der Waals surface area contributed by atoms with Gasteiger partial charge in [0.15, 0.2) is 5.69 Å². The maximum Gasteiger partial charge on any atom is 0.416 e. The van der Waals surface area contributed by atoms with E-state index in [0.717, 1.165) is 12.1 Å². The largest absolute Gasteiger partial charge is 0.416 e. The lowest BCUT2D eigenvalue weighted by Crippen LogP contribution is -2.32. The van der Waals surface area contributed by atoms with Crippen molar-refractivity contribution in [3.8, 4) is 11.8 Å². The molecule has 0 saturated carbocycles. The number of nitriles is 1. The Bertz CT molecular complexity index is 1190. The topological polar surface area (TPSA) is 83.6 Å². The number of nitrogens with zero attached hydrogens (tertiary/aromatic N) is 4. The molecule has 1 aliphatic rings. The number of halogens is 4. The Morgan fingerprint density at radius 1 is 1.23 bits per heavy atom. The summed E-state index contributed by atoms with van der Waals surface area (Å²) in [5.41, 5.74) is 0.695. The lowest BCUT2D eigenvalue weighted by Gasteiger charge is -2.15. The Kier molecular flexibility index (Phi) is 4.73. The van der Waals surface area contributed by atoms with E-state index in [1.807, 2.05) is 6.07 Å². The van der Waals surface area contributed by atoms with E-state index in [1.54, 1.807) is 12.1 Å². The fourth-order valence-corrected chi connectivity index (χ4v) is 3.42. The lowest BCUT2D eigenvalue weighted by atomic mass is 10.0. The lowest BCUT2D eigenvalue weighted by molar-refractivity contribution is -0.137. The number of hydrogen-bond acceptors (Lipinski definition) is 4. The summed E-state index contributed by atoms with van der Waals surface area (Å²) in [5.74, 6) is -1.37. The number of fused-ring (bicyclic) bond motifs is 1. The van der Waals surface area contributed by atoms with Gasteiger partial charge in [0.25, 0.3) is 5.91 Å². The Labute approximate surface area is 167 Å². The maximum absolute atomic E-state index is 13.7. The second-order valence-electron chi connectivity index (χ2n) is 6.73. The molecular formula is C20H13F4N5O. The van der Waals surface area contributed by atoms with Crippen LogP contribution in [0.15, 0.2) is 36.5 Å². The molecule has 30 heavy (non-hydrogen) atoms. The summed E-state index contributed by atoms with van der Waals surface area (Å²) in [6.45, 7) is 0.393. The number of amides is 1. The van der Waals surface area contributed by atoms with Crippen molar-refractivity contribution in [1.82, 2.24) is 20.1 Å². The van der Waals surface area contributed by atoms with Gasteiger partial charge in [-0.3, -0.25) is 9.78 Å². The summed E-state index contributed by atoms with van der Waals surface area (Å²) in [5, 5.41) is 16.2. The van der Waals surface area contributed by atoms with Crippen molar-refractivity contribution in [3.63, 3.8) is 0 Å². The van der Waals surface area contributed by atoms with Crippen LogP contribution < -0.4 is 5.32 Å². The fraction of sp³-hybridized carbons (Fsp3) is 0.200. The molecule has 0 spiro atoms. The zero-order valence-electron chi connectivity index (χ0n) is 15.3. The van der Waals surface area contributed by atoms with Crippen LogP contribution in [0.25, 0.3) is 5.69 Å². The molecule has 1 amide bonds. The van der Waals surface area contributed by atoms with Crippen LogP contribution in [-0.2, 0) is 19.0 Å². The number of hydrogen-bond donors (Lipinski definition) is 1. The number of carbonyl (C=O) groups excluding carboxylic acids is 1. The third-order valence-electron chi connectivity index (χ3n) is 4.68. The second kappa shape index (κ2) is 7.26. The zero-order chi connectivity index (χ0) is 21.5. The number of pyridine rings is 1. The van der Waals surface area contributed by atoms with E-state index in [4.69, 9.17) is 0 Å². The predicted octanol–water partition coefficient (Wildman–Crippen LogP) is 3.17. The van der Waals surface area contributed by atoms with E-state index in [2.05, 4.69) is 15.4 Å². The first-order chi connectivity index (χ1) is 14.3. The van der Waals surface area contributed by atoms with Crippen LogP contribution in [0, 0.1) is 17.1 Å². The van der Waals surface area contributed by atoms with Crippen LogP contribution in [0.2, 0.25) is 0 Å². The summed E-state index contributed by atoms with van der Waals surface area (Å²) in [7, 11) is 0. The third-order valence-corrected chi connectivity index (χ3v) is 4.68. The Balaban J connectivity index is 1.71. The molecule has 0 saturated heterocycles. The first-order valence-electron chi connectivity index (χ1n) is 8.88. The molecule has 2 aromatic heterocycles. The third kappa shape index (κ3) is 3.61. The quantitative estimate of drug-likeness (QED) is 0.666. The van der Waals surface area contributed by atoms with Gasteiger partial charge < -0.3 is 5.32 Å². The molecule has 3 heterocycles. The predicted molar refractivity (Wildman–Crippen MR) is 96.3 cm³/mol. The van der Waals surface area contributed by atoms with E-state index in [-0.39, 0.29) is 29.1 Å². The highest BCUT2D eigenvalue weighted by Gasteiger charge is 2.31. The van der Waals surface area contributed by atoms with Gasteiger partial charge in [0.05, 0.1) is 22.5 Å². The normalized spacial score (nSPS) is 13.5. The minimum atomic E-state index is -4.66. The monoisotopic (exact) mass is 415 g/mol. The number of aromatic nitrogens is 3. The molecule has 0 bridgehead atoms. The molecule has 0 radical (unpaired) electrons. The SMILES string of the molecule is N#Cc1nn(-c2ccnc(Cc3cc(F)cc(C(F)(F)F)c3)c2)c2c1C(=O)NCC2. The number of nitrogens with one attached hydrogen (secondary N) is 1. The van der Waals surface area contributed by atoms with Crippen LogP contribution in [0.4, 0.5) is 17.6 Å². The van der Waals surface area contributed by atoms with E-state index < -0.39 is 17.6 Å². The van der Waals surface area contributed by atoms with Crippen molar-refractivity contribution < 1.29 is 22.4 Å².